The highest BCUT2D eigenvalue weighted by Crippen LogP contribution is 2.37. The summed E-state index contributed by atoms with van der Waals surface area (Å²) in [6.07, 6.45) is -48.9. The molecule has 85 heavy (non-hydrogen) atoms. The Labute approximate surface area is 485 Å². The second kappa shape index (κ2) is 32.5. The van der Waals surface area contributed by atoms with Crippen LogP contribution in [0.1, 0.15) is 46.5 Å². The first-order valence-electron chi connectivity index (χ1n) is 27.5. The molecule has 0 radical (unpaired) electrons. The van der Waals surface area contributed by atoms with Gasteiger partial charge in [-0.2, -0.15) is 0 Å². The molecule has 6 rings (SSSR count). The highest BCUT2D eigenvalue weighted by atomic mass is 16.8. The van der Waals surface area contributed by atoms with Gasteiger partial charge >= 0.3 is 5.97 Å². The number of aliphatic hydroxyl groups is 16. The molecule has 0 unspecified atom stereocenters. The van der Waals surface area contributed by atoms with Gasteiger partial charge in [0.05, 0.1) is 46.8 Å². The van der Waals surface area contributed by atoms with E-state index in [1.807, 2.05) is 0 Å². The first-order chi connectivity index (χ1) is 40.4. The van der Waals surface area contributed by atoms with Crippen LogP contribution < -0.4 is 16.0 Å². The van der Waals surface area contributed by atoms with Crippen LogP contribution >= 0.6 is 0 Å². The number of rotatable bonds is 26. The molecule has 6 heterocycles. The van der Waals surface area contributed by atoms with Crippen molar-refractivity contribution in [1.82, 2.24) is 16.0 Å². The first-order valence-corrected chi connectivity index (χ1v) is 27.5. The maximum Gasteiger partial charge on any atom is 0.305 e. The van der Waals surface area contributed by atoms with Crippen molar-refractivity contribution in [3.8, 4) is 0 Å². The molecule has 36 heteroatoms. The number of carbonyl (C=O) groups excluding carboxylic acids is 4. The average molecular weight is 1240 g/mol. The van der Waals surface area contributed by atoms with Crippen LogP contribution in [0.4, 0.5) is 0 Å². The quantitative estimate of drug-likeness (QED) is 0.0282. The third-order valence-corrected chi connectivity index (χ3v) is 15.2. The van der Waals surface area contributed by atoms with Crippen molar-refractivity contribution in [2.75, 3.05) is 53.4 Å². The van der Waals surface area contributed by atoms with E-state index in [1.165, 1.54) is 7.11 Å². The summed E-state index contributed by atoms with van der Waals surface area (Å²) in [5, 5.41) is 182. The van der Waals surface area contributed by atoms with Gasteiger partial charge in [-0.25, -0.2) is 0 Å². The molecule has 30 atom stereocenters. The summed E-state index contributed by atoms with van der Waals surface area (Å²) >= 11 is 0. The monoisotopic (exact) mass is 1240 g/mol. The predicted octanol–water partition coefficient (Wildman–Crippen LogP) is -11.9. The molecule has 6 fully saturated rings. The predicted molar refractivity (Wildman–Crippen MR) is 268 cm³/mol. The Bertz CT molecular complexity index is 2090. The molecule has 36 nitrogen and oxygen atoms in total. The van der Waals surface area contributed by atoms with Crippen molar-refractivity contribution in [2.24, 2.45) is 0 Å². The summed E-state index contributed by atoms with van der Waals surface area (Å²) in [5.41, 5.74) is 0. The van der Waals surface area contributed by atoms with E-state index in [1.54, 1.807) is 0 Å². The van der Waals surface area contributed by atoms with E-state index in [-0.39, 0.29) is 13.0 Å². The molecule has 0 aromatic rings. The van der Waals surface area contributed by atoms with Gasteiger partial charge in [-0.05, 0) is 12.8 Å². The van der Waals surface area contributed by atoms with Gasteiger partial charge in [-0.1, -0.05) is 6.42 Å². The van der Waals surface area contributed by atoms with Gasteiger partial charge in [0.1, 0.15) is 146 Å². The number of amides is 3. The smallest absolute Gasteiger partial charge is 0.305 e. The van der Waals surface area contributed by atoms with Gasteiger partial charge in [0, 0.05) is 33.8 Å². The number of ether oxygens (including phenoxy) is 13. The molecule has 3 amide bonds. The van der Waals surface area contributed by atoms with E-state index in [0.717, 1.165) is 20.8 Å². The molecule has 19 N–H and O–H groups in total. The maximum atomic E-state index is 12.8. The van der Waals surface area contributed by atoms with E-state index < -0.39 is 247 Å². The molecular formula is C49H83N3O33. The zero-order valence-electron chi connectivity index (χ0n) is 46.7. The molecule has 492 valence electrons. The van der Waals surface area contributed by atoms with E-state index in [2.05, 4.69) is 20.7 Å². The Balaban J connectivity index is 1.18. The lowest BCUT2D eigenvalue weighted by molar-refractivity contribution is -0.385. The van der Waals surface area contributed by atoms with E-state index in [0.29, 0.717) is 19.3 Å². The number of esters is 1. The molecule has 0 aromatic heterocycles. The lowest BCUT2D eigenvalue weighted by Gasteiger charge is -2.51. The van der Waals surface area contributed by atoms with Crippen LogP contribution in [-0.2, 0) is 80.8 Å². The third kappa shape index (κ3) is 17.0. The summed E-state index contributed by atoms with van der Waals surface area (Å²) in [6.45, 7) is -2.64. The normalized spacial score (nSPS) is 44.2. The molecule has 0 bridgehead atoms. The number of carbonyl (C=O) groups is 4. The highest BCUT2D eigenvalue weighted by molar-refractivity contribution is 5.74. The Kier molecular flexibility index (Phi) is 27.1. The van der Waals surface area contributed by atoms with Gasteiger partial charge in [0.2, 0.25) is 17.7 Å². The highest BCUT2D eigenvalue weighted by Gasteiger charge is 2.58. The minimum atomic E-state index is -2.23. The second-order valence-electron chi connectivity index (χ2n) is 21.2. The largest absolute Gasteiger partial charge is 0.469 e. The summed E-state index contributed by atoms with van der Waals surface area (Å²) in [5.74, 6) is -2.75. The fraction of sp³-hybridized carbons (Fsp3) is 0.918. The van der Waals surface area contributed by atoms with Crippen LogP contribution in [0.3, 0.4) is 0 Å². The van der Waals surface area contributed by atoms with E-state index in [9.17, 15) is 101 Å². The number of unbranched alkanes of at least 4 members (excludes halogenated alkanes) is 2. The molecule has 6 aliphatic rings. The maximum absolute atomic E-state index is 12.8. The number of aliphatic hydroxyl groups excluding tert-OH is 16. The minimum absolute atomic E-state index is 0.0136. The van der Waals surface area contributed by atoms with Crippen LogP contribution in [0.25, 0.3) is 0 Å². The van der Waals surface area contributed by atoms with E-state index >= 15 is 0 Å². The molecule has 6 saturated heterocycles. The van der Waals surface area contributed by atoms with Gasteiger partial charge in [-0.15, -0.1) is 0 Å². The van der Waals surface area contributed by atoms with Crippen LogP contribution in [-0.4, -0.2) is 343 Å². The summed E-state index contributed by atoms with van der Waals surface area (Å²) in [4.78, 5) is 49.1. The second-order valence-corrected chi connectivity index (χ2v) is 21.2. The van der Waals surface area contributed by atoms with Gasteiger partial charge in [0.25, 0.3) is 0 Å². The van der Waals surface area contributed by atoms with Gasteiger partial charge < -0.3 is 159 Å². The fourth-order valence-corrected chi connectivity index (χ4v) is 10.7. The van der Waals surface area contributed by atoms with Crippen LogP contribution in [0.2, 0.25) is 0 Å². The van der Waals surface area contributed by atoms with E-state index in [4.69, 9.17) is 56.8 Å². The van der Waals surface area contributed by atoms with Gasteiger partial charge in [-0.3, -0.25) is 19.2 Å². The Morgan fingerprint density at radius 2 is 0.671 bits per heavy atom. The molecule has 0 spiro atoms. The van der Waals surface area contributed by atoms with Crippen LogP contribution in [0, 0.1) is 0 Å². The Morgan fingerprint density at radius 3 is 1.02 bits per heavy atom. The number of nitrogens with one attached hydrogen (secondary N) is 3. The lowest BCUT2D eigenvalue weighted by atomic mass is 9.93. The van der Waals surface area contributed by atoms with Crippen molar-refractivity contribution >= 4 is 23.7 Å². The average Bonchev–Trinajstić information content (AvgIpc) is 3.26. The Morgan fingerprint density at radius 1 is 0.353 bits per heavy atom. The molecule has 0 aliphatic carbocycles. The molecule has 0 saturated carbocycles. The summed E-state index contributed by atoms with van der Waals surface area (Å²) in [6, 6.07) is -4.94. The van der Waals surface area contributed by atoms with Crippen molar-refractivity contribution in [1.29, 1.82) is 0 Å². The van der Waals surface area contributed by atoms with Crippen molar-refractivity contribution in [3.63, 3.8) is 0 Å². The van der Waals surface area contributed by atoms with Crippen molar-refractivity contribution in [3.05, 3.63) is 0 Å². The molecule has 0 aromatic carbocycles. The van der Waals surface area contributed by atoms with Crippen molar-refractivity contribution in [2.45, 2.75) is 231 Å². The lowest BCUT2D eigenvalue weighted by Crippen LogP contribution is -2.71. The molecule has 6 aliphatic heterocycles. The zero-order valence-corrected chi connectivity index (χ0v) is 46.7. The zero-order chi connectivity index (χ0) is 62.7. The SMILES string of the molecule is COC(=O)CCCCCO[C@@H]1O[C@H](CO)[C@@H](O[C@@H]2O[C@H](CO)[C@H](O)[C@H](O[C@@H]3O[C@H](CO)[C@@H](O[C@@H]4O[C@H](CO)[C@H](O)[C@H](O[C@@H]5O[C@H](CO)[C@@H](O[C@@H]6O[C@H](CO)[C@H](O)[C@H](O)[C@H]6O)[C@H](O)[C@H]5NC(C)=O)[C@H]4O)[C@H](O)[C@H]3NC(C)=O)[C@H]2O)[C@H](O)[C@H]1NC(C)=O. The van der Waals surface area contributed by atoms with Crippen LogP contribution in [0.15, 0.2) is 0 Å². The minimum Gasteiger partial charge on any atom is -0.469 e. The van der Waals surface area contributed by atoms with Crippen LogP contribution in [0.5, 0.6) is 0 Å². The molecular weight excluding hydrogens is 1160 g/mol. The topological polar surface area (TPSA) is 548 Å². The number of hydrogen-bond donors (Lipinski definition) is 19. The standard InChI is InChI=1S/C49H83N3O33/c1-16(59)50-26-32(66)39(22(13-56)78-44(26)74-9-7-5-6-8-25(62)73-4)82-48-37(71)42(30(64)20(11-54)76-48)85-46-28(52-18(3)61)34(68)41(24(15-58)80-46)83-49-38(72)43(31(65)21(12-55)77-49)84-45-27(51-17(2)60)33(67)40(23(14-57)79-45)81-47-36(70)35(69)29(63)19(10-53)75-47/h19-24,26-49,53-58,63-72H,5-15H2,1-4H3,(H,50,59)(H,51,60)(H,52,61)/t19-,20-,21-,22-,23-,24-,26-,27-,28-,29+,30+,31+,32-,33-,34-,35+,36-,37-,38-,39-,40-,41-,42+,43+,44-,45+,46+,47+,48+,49+/m1/s1. The van der Waals surface area contributed by atoms with Gasteiger partial charge in [0.15, 0.2) is 37.7 Å². The fourth-order valence-electron chi connectivity index (χ4n) is 10.7. The first kappa shape index (κ1) is 70.8. The third-order valence-electron chi connectivity index (χ3n) is 15.2. The Hall–Kier alpha value is -3.24. The number of methoxy groups -OCH3 is 1. The summed E-state index contributed by atoms with van der Waals surface area (Å²) < 4.78 is 74.7. The summed E-state index contributed by atoms with van der Waals surface area (Å²) in [7, 11) is 1.26. The van der Waals surface area contributed by atoms with Crippen molar-refractivity contribution < 1.29 is 162 Å². The number of hydrogen-bond acceptors (Lipinski definition) is 33.